The summed E-state index contributed by atoms with van der Waals surface area (Å²) in [5.74, 6) is 1.49. The van der Waals surface area contributed by atoms with Gasteiger partial charge < -0.3 is 10.2 Å². The number of anilines is 1. The van der Waals surface area contributed by atoms with Gasteiger partial charge in [0.15, 0.2) is 5.65 Å². The highest BCUT2D eigenvalue weighted by Gasteiger charge is 2.24. The summed E-state index contributed by atoms with van der Waals surface area (Å²) in [6.07, 6.45) is 3.69. The van der Waals surface area contributed by atoms with Crippen molar-refractivity contribution in [2.75, 3.05) is 25.0 Å². The maximum absolute atomic E-state index is 12.6. The zero-order valence-corrected chi connectivity index (χ0v) is 20.3. The van der Waals surface area contributed by atoms with E-state index in [-0.39, 0.29) is 5.91 Å². The summed E-state index contributed by atoms with van der Waals surface area (Å²) >= 11 is 11.5. The summed E-state index contributed by atoms with van der Waals surface area (Å²) < 4.78 is 2.63. The second-order valence-corrected chi connectivity index (χ2v) is 9.90. The van der Waals surface area contributed by atoms with E-state index in [9.17, 15) is 4.79 Å². The molecule has 1 amide bonds. The maximum atomic E-state index is 12.6. The first kappa shape index (κ1) is 21.4. The van der Waals surface area contributed by atoms with Crippen molar-refractivity contribution in [3.05, 3.63) is 68.4 Å². The maximum Gasteiger partial charge on any atom is 0.254 e. The van der Waals surface area contributed by atoms with Crippen molar-refractivity contribution < 1.29 is 4.79 Å². The van der Waals surface area contributed by atoms with Gasteiger partial charge in [0, 0.05) is 41.7 Å². The van der Waals surface area contributed by atoms with E-state index in [4.69, 9.17) is 16.6 Å². The Hall–Kier alpha value is -2.42. The lowest BCUT2D eigenvalue weighted by Crippen LogP contribution is -2.39. The number of piperidine rings is 1. The Bertz CT molecular complexity index is 1250. The molecule has 0 saturated carbocycles. The van der Waals surface area contributed by atoms with Crippen LogP contribution in [0.1, 0.15) is 23.2 Å². The van der Waals surface area contributed by atoms with Gasteiger partial charge in [-0.1, -0.05) is 29.8 Å². The molecule has 9 heteroatoms. The standard InChI is InChI=1S/C23H21BrClN5OS/c24-18-13-27-30-21(11-20(28-22(18)30)17-3-1-2-4-19(17)25)26-12-15-5-8-29(9-6-15)23(31)16-7-10-32-14-16/h1-4,7,10-11,13-15,26H,5-6,8-9,12H2. The number of carbonyl (C=O) groups excluding carboxylic acids is 1. The first-order valence-electron chi connectivity index (χ1n) is 10.4. The quantitative estimate of drug-likeness (QED) is 0.352. The molecule has 5 rings (SSSR count). The topological polar surface area (TPSA) is 62.5 Å². The van der Waals surface area contributed by atoms with Crippen LogP contribution in [-0.2, 0) is 0 Å². The number of nitrogens with one attached hydrogen (secondary N) is 1. The van der Waals surface area contributed by atoms with Crippen LogP contribution in [0, 0.1) is 5.92 Å². The van der Waals surface area contributed by atoms with Crippen molar-refractivity contribution in [2.45, 2.75) is 12.8 Å². The molecule has 0 radical (unpaired) electrons. The number of halogens is 2. The fraction of sp³-hybridized carbons (Fsp3) is 0.261. The molecule has 4 heterocycles. The predicted molar refractivity (Wildman–Crippen MR) is 133 cm³/mol. The summed E-state index contributed by atoms with van der Waals surface area (Å²) in [4.78, 5) is 19.3. The highest BCUT2D eigenvalue weighted by molar-refractivity contribution is 9.10. The SMILES string of the molecule is O=C(c1ccsc1)N1CCC(CNc2cc(-c3ccccc3Cl)nc3c(Br)cnn23)CC1. The van der Waals surface area contributed by atoms with Crippen LogP contribution in [-0.4, -0.2) is 45.0 Å². The van der Waals surface area contributed by atoms with Gasteiger partial charge in [0.2, 0.25) is 0 Å². The predicted octanol–water partition coefficient (Wildman–Crippen LogP) is 5.84. The van der Waals surface area contributed by atoms with Crippen LogP contribution < -0.4 is 5.32 Å². The zero-order chi connectivity index (χ0) is 22.1. The summed E-state index contributed by atoms with van der Waals surface area (Å²) in [5, 5.41) is 12.6. The van der Waals surface area contributed by atoms with Crippen LogP contribution >= 0.6 is 38.9 Å². The minimum atomic E-state index is 0.138. The van der Waals surface area contributed by atoms with Crippen molar-refractivity contribution in [1.82, 2.24) is 19.5 Å². The van der Waals surface area contributed by atoms with Crippen LogP contribution in [0.4, 0.5) is 5.82 Å². The number of thiophene rings is 1. The first-order chi connectivity index (χ1) is 15.6. The summed E-state index contributed by atoms with van der Waals surface area (Å²) in [6, 6.07) is 11.6. The number of nitrogens with zero attached hydrogens (tertiary/aromatic N) is 4. The molecular weight excluding hydrogens is 510 g/mol. The van der Waals surface area contributed by atoms with Gasteiger partial charge in [-0.3, -0.25) is 4.79 Å². The third kappa shape index (κ3) is 4.27. The number of fused-ring (bicyclic) bond motifs is 1. The van der Waals surface area contributed by atoms with Crippen LogP contribution in [0.3, 0.4) is 0 Å². The number of rotatable bonds is 5. The Balaban J connectivity index is 1.31. The monoisotopic (exact) mass is 529 g/mol. The second kappa shape index (κ2) is 9.21. The number of likely N-dealkylation sites (tertiary alicyclic amines) is 1. The molecule has 1 N–H and O–H groups in total. The van der Waals surface area contributed by atoms with E-state index in [1.807, 2.05) is 52.1 Å². The number of hydrogen-bond donors (Lipinski definition) is 1. The molecule has 0 unspecified atom stereocenters. The first-order valence-corrected chi connectivity index (χ1v) is 12.6. The van der Waals surface area contributed by atoms with Gasteiger partial charge in [-0.2, -0.15) is 21.0 Å². The number of benzene rings is 1. The van der Waals surface area contributed by atoms with Crippen LogP contribution in [0.25, 0.3) is 16.9 Å². The molecule has 0 aliphatic carbocycles. The lowest BCUT2D eigenvalue weighted by Gasteiger charge is -2.32. The van der Waals surface area contributed by atoms with E-state index in [2.05, 4.69) is 26.3 Å². The molecule has 0 atom stereocenters. The van der Waals surface area contributed by atoms with Gasteiger partial charge in [-0.25, -0.2) is 4.98 Å². The van der Waals surface area contributed by atoms with Crippen molar-refractivity contribution in [3.63, 3.8) is 0 Å². The molecule has 3 aromatic heterocycles. The van der Waals surface area contributed by atoms with Gasteiger partial charge >= 0.3 is 0 Å². The number of aromatic nitrogens is 3. The molecule has 1 saturated heterocycles. The van der Waals surface area contributed by atoms with Crippen molar-refractivity contribution in [2.24, 2.45) is 5.92 Å². The number of carbonyl (C=O) groups is 1. The van der Waals surface area contributed by atoms with Crippen LogP contribution in [0.15, 0.2) is 57.8 Å². The molecule has 1 aromatic carbocycles. The molecular formula is C23H21BrClN5OS. The third-order valence-electron chi connectivity index (χ3n) is 5.82. The van der Waals surface area contributed by atoms with Crippen molar-refractivity contribution in [1.29, 1.82) is 0 Å². The lowest BCUT2D eigenvalue weighted by molar-refractivity contribution is 0.0695. The molecule has 6 nitrogen and oxygen atoms in total. The molecule has 4 aromatic rings. The second-order valence-electron chi connectivity index (χ2n) is 7.86. The number of amides is 1. The molecule has 1 aliphatic heterocycles. The normalized spacial score (nSPS) is 14.8. The van der Waals surface area contributed by atoms with Gasteiger partial charge in [-0.15, -0.1) is 0 Å². The molecule has 0 spiro atoms. The summed E-state index contributed by atoms with van der Waals surface area (Å²) in [6.45, 7) is 2.37. The Labute approximate surface area is 203 Å². The lowest BCUT2D eigenvalue weighted by atomic mass is 9.96. The summed E-state index contributed by atoms with van der Waals surface area (Å²) in [7, 11) is 0. The third-order valence-corrected chi connectivity index (χ3v) is 7.39. The Morgan fingerprint density at radius 2 is 2.06 bits per heavy atom. The van der Waals surface area contributed by atoms with E-state index in [0.717, 1.165) is 65.2 Å². The van der Waals surface area contributed by atoms with Gasteiger partial charge in [-0.05, 0) is 52.2 Å². The Morgan fingerprint density at radius 1 is 1.25 bits per heavy atom. The van der Waals surface area contributed by atoms with Crippen molar-refractivity contribution >= 4 is 56.2 Å². The zero-order valence-electron chi connectivity index (χ0n) is 17.2. The fourth-order valence-electron chi connectivity index (χ4n) is 4.03. The Morgan fingerprint density at radius 3 is 2.81 bits per heavy atom. The minimum Gasteiger partial charge on any atom is -0.370 e. The van der Waals surface area contributed by atoms with Crippen LogP contribution in [0.2, 0.25) is 5.02 Å². The van der Waals surface area contributed by atoms with Crippen molar-refractivity contribution in [3.8, 4) is 11.3 Å². The van der Waals surface area contributed by atoms with Crippen LogP contribution in [0.5, 0.6) is 0 Å². The molecule has 164 valence electrons. The van der Waals surface area contributed by atoms with E-state index < -0.39 is 0 Å². The molecule has 1 aliphatic rings. The number of hydrogen-bond acceptors (Lipinski definition) is 5. The smallest absolute Gasteiger partial charge is 0.254 e. The minimum absolute atomic E-state index is 0.138. The van der Waals surface area contributed by atoms with Gasteiger partial charge in [0.05, 0.1) is 21.9 Å². The van der Waals surface area contributed by atoms with E-state index in [1.165, 1.54) is 0 Å². The molecule has 32 heavy (non-hydrogen) atoms. The average molecular weight is 531 g/mol. The fourth-order valence-corrected chi connectivity index (χ4v) is 5.24. The highest BCUT2D eigenvalue weighted by Crippen LogP contribution is 2.30. The summed E-state index contributed by atoms with van der Waals surface area (Å²) in [5.41, 5.74) is 3.21. The highest BCUT2D eigenvalue weighted by atomic mass is 79.9. The molecule has 0 bridgehead atoms. The largest absolute Gasteiger partial charge is 0.370 e. The van der Waals surface area contributed by atoms with Gasteiger partial charge in [0.25, 0.3) is 5.91 Å². The molecule has 1 fully saturated rings. The van der Waals surface area contributed by atoms with E-state index >= 15 is 0 Å². The Kier molecular flexibility index (Phi) is 6.17. The average Bonchev–Trinajstić information content (AvgIpc) is 3.48. The van der Waals surface area contributed by atoms with Gasteiger partial charge in [0.1, 0.15) is 5.82 Å². The van der Waals surface area contributed by atoms with E-state index in [0.29, 0.717) is 10.9 Å². The van der Waals surface area contributed by atoms with E-state index in [1.54, 1.807) is 22.0 Å².